The highest BCUT2D eigenvalue weighted by Crippen LogP contribution is 2.31. The largest absolute Gasteiger partial charge is 0.493 e. The molecule has 0 aliphatic rings. The topological polar surface area (TPSA) is 87.1 Å². The highest BCUT2D eigenvalue weighted by molar-refractivity contribution is 6.03. The number of carbonyl (C=O) groups is 1. The number of aromatic amines is 1. The Labute approximate surface area is 128 Å². The van der Waals surface area contributed by atoms with Gasteiger partial charge in [-0.15, -0.1) is 0 Å². The minimum Gasteiger partial charge on any atom is -0.493 e. The predicted octanol–water partition coefficient (Wildman–Crippen LogP) is 2.93. The van der Waals surface area contributed by atoms with Crippen molar-refractivity contribution in [3.05, 3.63) is 41.7 Å². The maximum absolute atomic E-state index is 12.1. The van der Waals surface area contributed by atoms with Crippen molar-refractivity contribution in [2.24, 2.45) is 0 Å². The molecule has 6 nitrogen and oxygen atoms in total. The molecule has 1 heterocycles. The zero-order valence-corrected chi connectivity index (χ0v) is 12.6. The van der Waals surface area contributed by atoms with Gasteiger partial charge in [0.2, 0.25) is 0 Å². The van der Waals surface area contributed by atoms with Crippen LogP contribution in [-0.4, -0.2) is 24.1 Å². The van der Waals surface area contributed by atoms with Crippen LogP contribution in [0.1, 0.15) is 29.9 Å². The number of nitriles is 1. The van der Waals surface area contributed by atoms with Gasteiger partial charge in [0, 0.05) is 18.0 Å². The van der Waals surface area contributed by atoms with Crippen LogP contribution in [0.5, 0.6) is 11.5 Å². The average molecular weight is 299 g/mol. The molecule has 22 heavy (non-hydrogen) atoms. The molecule has 1 amide bonds. The molecular weight excluding hydrogens is 282 g/mol. The number of aromatic nitrogens is 1. The minimum absolute atomic E-state index is 0.0126. The normalized spacial score (nSPS) is 10.1. The van der Waals surface area contributed by atoms with E-state index < -0.39 is 0 Å². The fraction of sp³-hybridized carbons (Fsp3) is 0.250. The summed E-state index contributed by atoms with van der Waals surface area (Å²) < 4.78 is 10.9. The Morgan fingerprint density at radius 3 is 2.68 bits per heavy atom. The Morgan fingerprint density at radius 1 is 1.32 bits per heavy atom. The second-order valence-corrected chi connectivity index (χ2v) is 4.90. The van der Waals surface area contributed by atoms with E-state index in [0.29, 0.717) is 28.4 Å². The molecule has 1 aromatic carbocycles. The summed E-state index contributed by atoms with van der Waals surface area (Å²) in [4.78, 5) is 14.9. The van der Waals surface area contributed by atoms with Crippen LogP contribution in [0.4, 0.5) is 5.69 Å². The smallest absolute Gasteiger partial charge is 0.272 e. The van der Waals surface area contributed by atoms with Crippen molar-refractivity contribution in [2.75, 3.05) is 12.4 Å². The van der Waals surface area contributed by atoms with E-state index in [9.17, 15) is 4.79 Å². The fourth-order valence-electron chi connectivity index (χ4n) is 1.89. The first-order valence-electron chi connectivity index (χ1n) is 6.78. The molecule has 0 aliphatic carbocycles. The van der Waals surface area contributed by atoms with Crippen LogP contribution in [0.3, 0.4) is 0 Å². The molecule has 6 heteroatoms. The lowest BCUT2D eigenvalue weighted by atomic mass is 10.2. The molecule has 0 unspecified atom stereocenters. The number of nitrogens with zero attached hydrogens (tertiary/aromatic N) is 1. The van der Waals surface area contributed by atoms with Gasteiger partial charge in [0.05, 0.1) is 18.8 Å². The van der Waals surface area contributed by atoms with Crippen LogP contribution < -0.4 is 14.8 Å². The Morgan fingerprint density at radius 2 is 2.09 bits per heavy atom. The number of carbonyl (C=O) groups excluding carboxylic acids is 1. The summed E-state index contributed by atoms with van der Waals surface area (Å²) in [6.07, 6.45) is 1.47. The van der Waals surface area contributed by atoms with Crippen LogP contribution in [0.2, 0.25) is 0 Å². The summed E-state index contributed by atoms with van der Waals surface area (Å²) in [7, 11) is 1.56. The van der Waals surface area contributed by atoms with Crippen LogP contribution in [0.25, 0.3) is 0 Å². The predicted molar refractivity (Wildman–Crippen MR) is 82.2 cm³/mol. The Hall–Kier alpha value is -2.94. The maximum atomic E-state index is 12.1. The quantitative estimate of drug-likeness (QED) is 0.888. The van der Waals surface area contributed by atoms with Gasteiger partial charge in [0.25, 0.3) is 5.91 Å². The van der Waals surface area contributed by atoms with Crippen LogP contribution in [-0.2, 0) is 0 Å². The average Bonchev–Trinajstić information content (AvgIpc) is 2.96. The van der Waals surface area contributed by atoms with Gasteiger partial charge < -0.3 is 19.8 Å². The summed E-state index contributed by atoms with van der Waals surface area (Å²) in [6, 6.07) is 8.60. The van der Waals surface area contributed by atoms with Crippen LogP contribution in [0, 0.1) is 11.3 Å². The van der Waals surface area contributed by atoms with Gasteiger partial charge in [-0.1, -0.05) is 0 Å². The molecule has 0 aliphatic heterocycles. The molecule has 2 aromatic rings. The van der Waals surface area contributed by atoms with Gasteiger partial charge in [0.1, 0.15) is 11.8 Å². The van der Waals surface area contributed by atoms with Crippen molar-refractivity contribution in [1.29, 1.82) is 5.26 Å². The van der Waals surface area contributed by atoms with Gasteiger partial charge in [0.15, 0.2) is 11.5 Å². The number of H-pyrrole nitrogens is 1. The standard InChI is InChI=1S/C16H17N3O3/c1-10(2)22-15-7-12(4-5-14(15)21-3)19-16(20)13-6-11(8-17)9-18-13/h4-7,9-10,18H,1-3H3,(H,19,20). The molecular formula is C16H17N3O3. The van der Waals surface area contributed by atoms with E-state index in [1.807, 2.05) is 19.9 Å². The third kappa shape index (κ3) is 3.58. The molecule has 0 spiro atoms. The number of methoxy groups -OCH3 is 1. The summed E-state index contributed by atoms with van der Waals surface area (Å²) >= 11 is 0. The number of rotatable bonds is 5. The number of hydrogen-bond donors (Lipinski definition) is 2. The third-order valence-corrected chi connectivity index (χ3v) is 2.84. The number of nitrogens with one attached hydrogen (secondary N) is 2. The van der Waals surface area contributed by atoms with E-state index >= 15 is 0 Å². The van der Waals surface area contributed by atoms with Crippen molar-refractivity contribution in [2.45, 2.75) is 20.0 Å². The summed E-state index contributed by atoms with van der Waals surface area (Å²) in [5, 5.41) is 11.5. The van der Waals surface area contributed by atoms with Gasteiger partial charge in [-0.05, 0) is 32.0 Å². The molecule has 0 bridgehead atoms. The van der Waals surface area contributed by atoms with Crippen molar-refractivity contribution >= 4 is 11.6 Å². The van der Waals surface area contributed by atoms with E-state index in [1.165, 1.54) is 12.3 Å². The van der Waals surface area contributed by atoms with Crippen molar-refractivity contribution in [1.82, 2.24) is 4.98 Å². The molecule has 0 atom stereocenters. The summed E-state index contributed by atoms with van der Waals surface area (Å²) in [5.74, 6) is 0.819. The van der Waals surface area contributed by atoms with E-state index in [4.69, 9.17) is 14.7 Å². The number of hydrogen-bond acceptors (Lipinski definition) is 4. The second-order valence-electron chi connectivity index (χ2n) is 4.90. The van der Waals surface area contributed by atoms with Gasteiger partial charge in [-0.25, -0.2) is 0 Å². The molecule has 2 N–H and O–H groups in total. The monoisotopic (exact) mass is 299 g/mol. The molecule has 0 fully saturated rings. The molecule has 2 rings (SSSR count). The lowest BCUT2D eigenvalue weighted by molar-refractivity contribution is 0.102. The van der Waals surface area contributed by atoms with Crippen LogP contribution in [0.15, 0.2) is 30.5 Å². The molecule has 1 aromatic heterocycles. The molecule has 0 radical (unpaired) electrons. The first-order chi connectivity index (χ1) is 10.5. The zero-order valence-electron chi connectivity index (χ0n) is 12.6. The first kappa shape index (κ1) is 15.4. The summed E-state index contributed by atoms with van der Waals surface area (Å²) in [6.45, 7) is 3.82. The van der Waals surface area contributed by atoms with Crippen LogP contribution >= 0.6 is 0 Å². The Balaban J connectivity index is 2.18. The second kappa shape index (κ2) is 6.68. The van der Waals surface area contributed by atoms with Crippen molar-refractivity contribution in [3.8, 4) is 17.6 Å². The minimum atomic E-state index is -0.331. The van der Waals surface area contributed by atoms with E-state index in [2.05, 4.69) is 10.3 Å². The lowest BCUT2D eigenvalue weighted by Gasteiger charge is -2.15. The van der Waals surface area contributed by atoms with E-state index in [-0.39, 0.29) is 12.0 Å². The number of anilines is 1. The Bertz CT molecular complexity index is 714. The van der Waals surface area contributed by atoms with Gasteiger partial charge >= 0.3 is 0 Å². The van der Waals surface area contributed by atoms with E-state index in [1.54, 1.807) is 25.3 Å². The van der Waals surface area contributed by atoms with Crippen molar-refractivity contribution < 1.29 is 14.3 Å². The highest BCUT2D eigenvalue weighted by Gasteiger charge is 2.12. The van der Waals surface area contributed by atoms with E-state index in [0.717, 1.165) is 0 Å². The number of amides is 1. The lowest BCUT2D eigenvalue weighted by Crippen LogP contribution is -2.13. The first-order valence-corrected chi connectivity index (χ1v) is 6.78. The third-order valence-electron chi connectivity index (χ3n) is 2.84. The molecule has 114 valence electrons. The fourth-order valence-corrected chi connectivity index (χ4v) is 1.89. The number of ether oxygens (including phenoxy) is 2. The summed E-state index contributed by atoms with van der Waals surface area (Å²) in [5.41, 5.74) is 1.30. The number of benzene rings is 1. The zero-order chi connectivity index (χ0) is 16.1. The molecule has 0 saturated heterocycles. The Kier molecular flexibility index (Phi) is 4.69. The SMILES string of the molecule is COc1ccc(NC(=O)c2cc(C#N)c[nH]2)cc1OC(C)C. The van der Waals surface area contributed by atoms with Gasteiger partial charge in [-0.2, -0.15) is 5.26 Å². The van der Waals surface area contributed by atoms with Gasteiger partial charge in [-0.3, -0.25) is 4.79 Å². The highest BCUT2D eigenvalue weighted by atomic mass is 16.5. The maximum Gasteiger partial charge on any atom is 0.272 e. The van der Waals surface area contributed by atoms with Crippen molar-refractivity contribution in [3.63, 3.8) is 0 Å². The molecule has 0 saturated carbocycles.